The van der Waals surface area contributed by atoms with Gasteiger partial charge in [0, 0.05) is 36.8 Å². The molecule has 1 saturated heterocycles. The zero-order chi connectivity index (χ0) is 18.5. The van der Waals surface area contributed by atoms with Gasteiger partial charge in [0.15, 0.2) is 0 Å². The first-order chi connectivity index (χ1) is 13.3. The van der Waals surface area contributed by atoms with Gasteiger partial charge in [0.25, 0.3) is 0 Å². The average Bonchev–Trinajstić information content (AvgIpc) is 3.12. The van der Waals surface area contributed by atoms with Gasteiger partial charge in [-0.05, 0) is 56.7 Å². The minimum Gasteiger partial charge on any atom is -0.354 e. The van der Waals surface area contributed by atoms with Crippen LogP contribution in [0.3, 0.4) is 0 Å². The predicted octanol–water partition coefficient (Wildman–Crippen LogP) is 3.13. The Bertz CT molecular complexity index is 737. The molecular weight excluding hydrogens is 356 g/mol. The number of aromatic nitrogens is 2. The summed E-state index contributed by atoms with van der Waals surface area (Å²) in [5, 5.41) is 4.35. The van der Waals surface area contributed by atoms with E-state index in [1.54, 1.807) is 6.20 Å². The number of aryl methyl sites for hydroxylation is 2. The summed E-state index contributed by atoms with van der Waals surface area (Å²) in [7, 11) is 0. The van der Waals surface area contributed by atoms with Crippen LogP contribution in [0.2, 0.25) is 0 Å². The van der Waals surface area contributed by atoms with Gasteiger partial charge < -0.3 is 5.32 Å². The van der Waals surface area contributed by atoms with Crippen LogP contribution in [0.25, 0.3) is 0 Å². The molecule has 2 aliphatic rings. The molecule has 1 fully saturated rings. The first-order valence-corrected chi connectivity index (χ1v) is 11.0. The Morgan fingerprint density at radius 3 is 3.04 bits per heavy atom. The van der Waals surface area contributed by atoms with Crippen molar-refractivity contribution in [3.63, 3.8) is 0 Å². The van der Waals surface area contributed by atoms with Gasteiger partial charge in [0.1, 0.15) is 0 Å². The Kier molecular flexibility index (Phi) is 6.14. The van der Waals surface area contributed by atoms with E-state index < -0.39 is 0 Å². The highest BCUT2D eigenvalue weighted by molar-refractivity contribution is 7.11. The van der Waals surface area contributed by atoms with E-state index in [-0.39, 0.29) is 11.9 Å². The lowest BCUT2D eigenvalue weighted by molar-refractivity contribution is -0.127. The molecule has 1 amide bonds. The van der Waals surface area contributed by atoms with Crippen molar-refractivity contribution in [3.05, 3.63) is 45.7 Å². The highest BCUT2D eigenvalue weighted by Crippen LogP contribution is 2.26. The molecule has 0 bridgehead atoms. The quantitative estimate of drug-likeness (QED) is 0.831. The van der Waals surface area contributed by atoms with Gasteiger partial charge in [-0.25, -0.2) is 4.98 Å². The number of nitrogens with one attached hydrogen (secondary N) is 1. The maximum atomic E-state index is 12.8. The van der Waals surface area contributed by atoms with Crippen molar-refractivity contribution in [1.29, 1.82) is 0 Å². The molecule has 2 aromatic rings. The van der Waals surface area contributed by atoms with E-state index in [1.165, 1.54) is 40.4 Å². The zero-order valence-corrected chi connectivity index (χ0v) is 16.6. The molecule has 1 atom stereocenters. The first-order valence-electron chi connectivity index (χ1n) is 10.2. The molecule has 4 rings (SSSR count). The second-order valence-corrected chi connectivity index (χ2v) is 8.74. The number of hydrogen-bond donors (Lipinski definition) is 1. The third kappa shape index (κ3) is 4.74. The number of rotatable bonds is 6. The summed E-state index contributed by atoms with van der Waals surface area (Å²) in [5.41, 5.74) is 2.48. The molecule has 0 saturated carbocycles. The molecule has 144 valence electrons. The largest absolute Gasteiger partial charge is 0.354 e. The van der Waals surface area contributed by atoms with E-state index in [4.69, 9.17) is 4.98 Å². The summed E-state index contributed by atoms with van der Waals surface area (Å²) < 4.78 is 0. The van der Waals surface area contributed by atoms with Crippen LogP contribution in [0.4, 0.5) is 0 Å². The Hall–Kier alpha value is -1.79. The summed E-state index contributed by atoms with van der Waals surface area (Å²) in [4.78, 5) is 25.5. The molecule has 6 heteroatoms. The molecule has 1 N–H and O–H groups in total. The lowest BCUT2D eigenvalue weighted by Crippen LogP contribution is -2.49. The first kappa shape index (κ1) is 18.6. The normalized spacial score (nSPS) is 20.2. The van der Waals surface area contributed by atoms with Crippen LogP contribution in [0.5, 0.6) is 0 Å². The van der Waals surface area contributed by atoms with Crippen LogP contribution in [-0.4, -0.2) is 39.9 Å². The standard InChI is InChI=1S/C21H28N4OS/c26-21(23-12-10-20-24-17-7-1-2-9-19(17)27-20)18-8-3-4-13-25(18)15-16-6-5-11-22-14-16/h5-6,11,14,18H,1-4,7-10,12-13,15H2,(H,23,26). The van der Waals surface area contributed by atoms with E-state index >= 15 is 0 Å². The third-order valence-corrected chi connectivity index (χ3v) is 6.77. The van der Waals surface area contributed by atoms with Gasteiger partial charge in [-0.1, -0.05) is 12.5 Å². The molecule has 1 unspecified atom stereocenters. The Labute approximate surface area is 165 Å². The minimum absolute atomic E-state index is 0.0246. The fraction of sp³-hybridized carbons (Fsp3) is 0.571. The van der Waals surface area contributed by atoms with Crippen LogP contribution in [0.15, 0.2) is 24.5 Å². The SMILES string of the molecule is O=C(NCCc1nc2c(s1)CCCC2)C1CCCCN1Cc1cccnc1. The van der Waals surface area contributed by atoms with E-state index in [0.717, 1.165) is 45.2 Å². The van der Waals surface area contributed by atoms with Gasteiger partial charge in [-0.15, -0.1) is 11.3 Å². The van der Waals surface area contributed by atoms with Crippen molar-refractivity contribution in [3.8, 4) is 0 Å². The van der Waals surface area contributed by atoms with E-state index in [9.17, 15) is 4.79 Å². The van der Waals surface area contributed by atoms with E-state index in [1.807, 2.05) is 23.6 Å². The van der Waals surface area contributed by atoms with Crippen LogP contribution in [0, 0.1) is 0 Å². The monoisotopic (exact) mass is 384 g/mol. The fourth-order valence-electron chi connectivity index (χ4n) is 4.13. The average molecular weight is 385 g/mol. The number of nitrogens with zero attached hydrogens (tertiary/aromatic N) is 3. The zero-order valence-electron chi connectivity index (χ0n) is 15.8. The highest BCUT2D eigenvalue weighted by atomic mass is 32.1. The molecule has 0 spiro atoms. The van der Waals surface area contributed by atoms with Gasteiger partial charge in [0.05, 0.1) is 16.7 Å². The number of carbonyl (C=O) groups is 1. The van der Waals surface area contributed by atoms with Crippen molar-refractivity contribution in [2.24, 2.45) is 0 Å². The van der Waals surface area contributed by atoms with Crippen molar-refractivity contribution in [2.75, 3.05) is 13.1 Å². The predicted molar refractivity (Wildman–Crippen MR) is 108 cm³/mol. The fourth-order valence-corrected chi connectivity index (χ4v) is 5.28. The van der Waals surface area contributed by atoms with Crippen molar-refractivity contribution in [2.45, 2.75) is 64.0 Å². The van der Waals surface area contributed by atoms with E-state index in [0.29, 0.717) is 6.54 Å². The molecule has 3 heterocycles. The number of carbonyl (C=O) groups excluding carboxylic acids is 1. The van der Waals surface area contributed by atoms with Gasteiger partial charge in [-0.2, -0.15) is 0 Å². The van der Waals surface area contributed by atoms with Gasteiger partial charge in [0.2, 0.25) is 5.91 Å². The lowest BCUT2D eigenvalue weighted by Gasteiger charge is -2.34. The number of hydrogen-bond acceptors (Lipinski definition) is 5. The Morgan fingerprint density at radius 1 is 1.26 bits per heavy atom. The molecule has 0 aromatic carbocycles. The van der Waals surface area contributed by atoms with Crippen LogP contribution in [-0.2, 0) is 30.6 Å². The summed E-state index contributed by atoms with van der Waals surface area (Å²) in [6.07, 6.45) is 12.6. The van der Waals surface area contributed by atoms with E-state index in [2.05, 4.69) is 21.3 Å². The maximum absolute atomic E-state index is 12.8. The number of pyridine rings is 1. The number of piperidine rings is 1. The maximum Gasteiger partial charge on any atom is 0.237 e. The van der Waals surface area contributed by atoms with Crippen molar-refractivity contribution < 1.29 is 4.79 Å². The molecule has 0 radical (unpaired) electrons. The molecule has 27 heavy (non-hydrogen) atoms. The Morgan fingerprint density at radius 2 is 2.19 bits per heavy atom. The van der Waals surface area contributed by atoms with Crippen LogP contribution in [0.1, 0.15) is 53.2 Å². The lowest BCUT2D eigenvalue weighted by atomic mass is 10.0. The summed E-state index contributed by atoms with van der Waals surface area (Å²) in [5.74, 6) is 0.167. The number of fused-ring (bicyclic) bond motifs is 1. The summed E-state index contributed by atoms with van der Waals surface area (Å²) in [6.45, 7) is 2.46. The summed E-state index contributed by atoms with van der Waals surface area (Å²) in [6, 6.07) is 4.02. The number of likely N-dealkylation sites (tertiary alicyclic amines) is 1. The second-order valence-electron chi connectivity index (χ2n) is 7.57. The highest BCUT2D eigenvalue weighted by Gasteiger charge is 2.28. The van der Waals surface area contributed by atoms with Crippen LogP contribution >= 0.6 is 11.3 Å². The minimum atomic E-state index is -0.0246. The van der Waals surface area contributed by atoms with Crippen molar-refractivity contribution >= 4 is 17.2 Å². The van der Waals surface area contributed by atoms with Gasteiger partial charge >= 0.3 is 0 Å². The number of amides is 1. The topological polar surface area (TPSA) is 58.1 Å². The molecular formula is C21H28N4OS. The Balaban J connectivity index is 1.30. The molecule has 2 aromatic heterocycles. The third-order valence-electron chi connectivity index (χ3n) is 5.55. The number of thiazole rings is 1. The van der Waals surface area contributed by atoms with Crippen molar-refractivity contribution in [1.82, 2.24) is 20.2 Å². The molecule has 5 nitrogen and oxygen atoms in total. The van der Waals surface area contributed by atoms with Gasteiger partial charge in [-0.3, -0.25) is 14.7 Å². The second kappa shape index (κ2) is 8.93. The molecule has 1 aliphatic carbocycles. The van der Waals surface area contributed by atoms with Crippen LogP contribution < -0.4 is 5.32 Å². The smallest absolute Gasteiger partial charge is 0.237 e. The molecule has 1 aliphatic heterocycles. The summed E-state index contributed by atoms with van der Waals surface area (Å²) >= 11 is 1.85.